The van der Waals surface area contributed by atoms with Gasteiger partial charge in [-0.05, 0) is 19.4 Å². The molecule has 3 nitrogen and oxygen atoms in total. The van der Waals surface area contributed by atoms with Crippen LogP contribution in [0.3, 0.4) is 0 Å². The third kappa shape index (κ3) is 1.61. The van der Waals surface area contributed by atoms with Gasteiger partial charge in [-0.15, -0.1) is 0 Å². The van der Waals surface area contributed by atoms with E-state index in [1.54, 1.807) is 12.1 Å². The second kappa shape index (κ2) is 3.23. The predicted octanol–water partition coefficient (Wildman–Crippen LogP) is 1.17. The van der Waals surface area contributed by atoms with Gasteiger partial charge in [0.25, 0.3) is 0 Å². The molecule has 0 saturated heterocycles. The highest BCUT2D eigenvalue weighted by Crippen LogP contribution is 2.18. The summed E-state index contributed by atoms with van der Waals surface area (Å²) >= 11 is 0. The Morgan fingerprint density at radius 3 is 2.91 bits per heavy atom. The number of hydrogen-bond donors (Lipinski definition) is 1. The Labute approximate surface area is 65.7 Å². The Morgan fingerprint density at radius 1 is 1.64 bits per heavy atom. The molecule has 1 rings (SSSR count). The molecular formula is C8H10NO2. The lowest BCUT2D eigenvalue weighted by atomic mass is 10.3. The average molecular weight is 152 g/mol. The first-order chi connectivity index (χ1) is 5.27. The van der Waals surface area contributed by atoms with Crippen LogP contribution in [0.5, 0.6) is 11.6 Å². The van der Waals surface area contributed by atoms with Crippen LogP contribution in [0.4, 0.5) is 0 Å². The number of rotatable bonds is 2. The molecule has 0 saturated carbocycles. The molecular weight excluding hydrogens is 142 g/mol. The van der Waals surface area contributed by atoms with Crippen molar-refractivity contribution in [2.24, 2.45) is 0 Å². The molecule has 59 valence electrons. The van der Waals surface area contributed by atoms with E-state index in [9.17, 15) is 5.11 Å². The zero-order valence-corrected chi connectivity index (χ0v) is 6.37. The van der Waals surface area contributed by atoms with E-state index in [-0.39, 0.29) is 5.75 Å². The third-order valence-corrected chi connectivity index (χ3v) is 1.37. The highest BCUT2D eigenvalue weighted by Gasteiger charge is 2.01. The Morgan fingerprint density at radius 2 is 2.36 bits per heavy atom. The molecule has 0 bridgehead atoms. The summed E-state index contributed by atoms with van der Waals surface area (Å²) in [4.78, 5) is 3.97. The largest absolute Gasteiger partial charge is 0.506 e. The molecule has 0 spiro atoms. The van der Waals surface area contributed by atoms with Gasteiger partial charge in [-0.1, -0.05) is 0 Å². The molecule has 11 heavy (non-hydrogen) atoms. The maximum absolute atomic E-state index is 9.17. The number of nitrogens with zero attached hydrogens (tertiary/aromatic N) is 1. The quantitative estimate of drug-likeness (QED) is 0.691. The number of pyridine rings is 1. The highest BCUT2D eigenvalue weighted by molar-refractivity contribution is 5.30. The molecule has 0 fully saturated rings. The Hall–Kier alpha value is -1.25. The van der Waals surface area contributed by atoms with E-state index in [1.807, 2.05) is 0 Å². The highest BCUT2D eigenvalue weighted by atomic mass is 16.5. The first-order valence-corrected chi connectivity index (χ1v) is 3.30. The topological polar surface area (TPSA) is 42.4 Å². The summed E-state index contributed by atoms with van der Waals surface area (Å²) in [5, 5.41) is 9.17. The summed E-state index contributed by atoms with van der Waals surface area (Å²) in [5.74, 6) is 0.669. The van der Waals surface area contributed by atoms with Gasteiger partial charge in [-0.2, -0.15) is 0 Å². The lowest BCUT2D eigenvalue weighted by molar-refractivity contribution is 0.391. The van der Waals surface area contributed by atoms with E-state index >= 15 is 0 Å². The summed E-state index contributed by atoms with van der Waals surface area (Å²) in [5.41, 5.74) is 0.560. The van der Waals surface area contributed by atoms with E-state index in [0.29, 0.717) is 18.0 Å². The van der Waals surface area contributed by atoms with Crippen molar-refractivity contribution in [3.63, 3.8) is 0 Å². The fourth-order valence-electron chi connectivity index (χ4n) is 0.772. The maximum Gasteiger partial charge on any atom is 0.213 e. The van der Waals surface area contributed by atoms with Crippen LogP contribution in [0.15, 0.2) is 12.1 Å². The Bertz CT molecular complexity index is 248. The molecule has 1 N–H and O–H groups in total. The van der Waals surface area contributed by atoms with E-state index in [0.717, 1.165) is 0 Å². The fourth-order valence-corrected chi connectivity index (χ4v) is 0.772. The SMILES string of the molecule is [CH2]Cc1nc(OC)ccc1O. The van der Waals surface area contributed by atoms with Gasteiger partial charge in [0, 0.05) is 6.07 Å². The fraction of sp³-hybridized carbons (Fsp3) is 0.250. The smallest absolute Gasteiger partial charge is 0.213 e. The lowest BCUT2D eigenvalue weighted by Crippen LogP contribution is -1.92. The second-order valence-corrected chi connectivity index (χ2v) is 2.07. The average Bonchev–Trinajstić information content (AvgIpc) is 2.05. The van der Waals surface area contributed by atoms with Gasteiger partial charge >= 0.3 is 0 Å². The van der Waals surface area contributed by atoms with E-state index in [2.05, 4.69) is 11.9 Å². The van der Waals surface area contributed by atoms with Crippen LogP contribution >= 0.6 is 0 Å². The third-order valence-electron chi connectivity index (χ3n) is 1.37. The van der Waals surface area contributed by atoms with Crippen molar-refractivity contribution in [2.75, 3.05) is 7.11 Å². The van der Waals surface area contributed by atoms with Gasteiger partial charge in [0.2, 0.25) is 5.88 Å². The maximum atomic E-state index is 9.17. The number of hydrogen-bond acceptors (Lipinski definition) is 3. The molecule has 0 amide bonds. The van der Waals surface area contributed by atoms with Crippen molar-refractivity contribution < 1.29 is 9.84 Å². The van der Waals surface area contributed by atoms with Crippen LogP contribution in [0.1, 0.15) is 5.69 Å². The van der Waals surface area contributed by atoms with Gasteiger partial charge < -0.3 is 9.84 Å². The first-order valence-electron chi connectivity index (χ1n) is 3.30. The number of methoxy groups -OCH3 is 1. The number of ether oxygens (including phenoxy) is 1. The Balaban J connectivity index is 3.02. The summed E-state index contributed by atoms with van der Waals surface area (Å²) in [7, 11) is 1.53. The molecule has 0 aromatic carbocycles. The molecule has 1 heterocycles. The molecule has 0 unspecified atom stereocenters. The molecule has 1 aromatic rings. The van der Waals surface area contributed by atoms with Gasteiger partial charge in [-0.25, -0.2) is 4.98 Å². The summed E-state index contributed by atoms with van der Waals surface area (Å²) in [6, 6.07) is 3.15. The van der Waals surface area contributed by atoms with E-state index < -0.39 is 0 Å². The summed E-state index contributed by atoms with van der Waals surface area (Å²) < 4.78 is 4.86. The van der Waals surface area contributed by atoms with Crippen LogP contribution in [0.2, 0.25) is 0 Å². The van der Waals surface area contributed by atoms with Crippen molar-refractivity contribution in [1.82, 2.24) is 4.98 Å². The van der Waals surface area contributed by atoms with E-state index in [1.165, 1.54) is 7.11 Å². The molecule has 1 aromatic heterocycles. The zero-order valence-electron chi connectivity index (χ0n) is 6.37. The molecule has 1 radical (unpaired) electrons. The second-order valence-electron chi connectivity index (χ2n) is 2.07. The molecule has 0 aliphatic heterocycles. The van der Waals surface area contributed by atoms with Gasteiger partial charge in [0.15, 0.2) is 0 Å². The van der Waals surface area contributed by atoms with Gasteiger partial charge in [0.05, 0.1) is 12.8 Å². The standard InChI is InChI=1S/C8H10NO2/c1-3-6-7(10)4-5-8(9-6)11-2/h4-5,10H,1,3H2,2H3. The molecule has 0 aliphatic carbocycles. The lowest BCUT2D eigenvalue weighted by Gasteiger charge is -2.02. The van der Waals surface area contributed by atoms with Crippen molar-refractivity contribution in [2.45, 2.75) is 6.42 Å². The molecule has 3 heteroatoms. The van der Waals surface area contributed by atoms with Crippen molar-refractivity contribution in [1.29, 1.82) is 0 Å². The molecule has 0 atom stereocenters. The van der Waals surface area contributed by atoms with Crippen molar-refractivity contribution in [3.8, 4) is 11.6 Å². The van der Waals surface area contributed by atoms with Crippen molar-refractivity contribution >= 4 is 0 Å². The van der Waals surface area contributed by atoms with Gasteiger partial charge in [-0.3, -0.25) is 0 Å². The summed E-state index contributed by atoms with van der Waals surface area (Å²) in [6.45, 7) is 3.61. The predicted molar refractivity (Wildman–Crippen MR) is 41.5 cm³/mol. The first kappa shape index (κ1) is 7.85. The zero-order chi connectivity index (χ0) is 8.27. The van der Waals surface area contributed by atoms with Crippen LogP contribution in [0, 0.1) is 6.92 Å². The number of aromatic hydroxyl groups is 1. The molecule has 0 aliphatic rings. The van der Waals surface area contributed by atoms with Gasteiger partial charge in [0.1, 0.15) is 5.75 Å². The summed E-state index contributed by atoms with van der Waals surface area (Å²) in [6.07, 6.45) is 0.461. The minimum absolute atomic E-state index is 0.167. The van der Waals surface area contributed by atoms with E-state index in [4.69, 9.17) is 4.74 Å². The van der Waals surface area contributed by atoms with Crippen molar-refractivity contribution in [3.05, 3.63) is 24.8 Å². The number of aromatic nitrogens is 1. The van der Waals surface area contributed by atoms with Crippen LogP contribution in [-0.2, 0) is 6.42 Å². The van der Waals surface area contributed by atoms with Crippen LogP contribution in [-0.4, -0.2) is 17.2 Å². The minimum Gasteiger partial charge on any atom is -0.506 e. The monoisotopic (exact) mass is 152 g/mol. The minimum atomic E-state index is 0.167. The van der Waals surface area contributed by atoms with Crippen LogP contribution < -0.4 is 4.74 Å². The normalized spacial score (nSPS) is 9.64. The Kier molecular flexibility index (Phi) is 2.31. The van der Waals surface area contributed by atoms with Crippen LogP contribution in [0.25, 0.3) is 0 Å².